The van der Waals surface area contributed by atoms with Crippen molar-refractivity contribution in [3.05, 3.63) is 71.4 Å². The number of nitrogens with one attached hydrogen (secondary N) is 1. The van der Waals surface area contributed by atoms with Crippen molar-refractivity contribution in [2.75, 3.05) is 5.32 Å². The molecule has 0 unspecified atom stereocenters. The Labute approximate surface area is 157 Å². The molecule has 0 fully saturated rings. The molecule has 0 saturated heterocycles. The highest BCUT2D eigenvalue weighted by Gasteiger charge is 2.21. The largest absolute Gasteiger partial charge is 0.449 e. The highest BCUT2D eigenvalue weighted by Crippen LogP contribution is 2.25. The Morgan fingerprint density at radius 1 is 1.07 bits per heavy atom. The van der Waals surface area contributed by atoms with Gasteiger partial charge in [0.15, 0.2) is 6.10 Å². The number of pyridine rings is 1. The van der Waals surface area contributed by atoms with Gasteiger partial charge in [0.2, 0.25) is 0 Å². The number of fused-ring (bicyclic) bond motifs is 2. The Balaban J connectivity index is 1.45. The van der Waals surface area contributed by atoms with E-state index in [1.165, 1.54) is 11.1 Å². The molecule has 1 amide bonds. The van der Waals surface area contributed by atoms with Gasteiger partial charge in [-0.25, -0.2) is 4.79 Å². The minimum Gasteiger partial charge on any atom is -0.449 e. The second-order valence-corrected chi connectivity index (χ2v) is 6.75. The number of carbonyl (C=O) groups is 2. The van der Waals surface area contributed by atoms with Crippen molar-refractivity contribution in [1.29, 1.82) is 0 Å². The highest BCUT2D eigenvalue weighted by atomic mass is 16.5. The smallest absolute Gasteiger partial charge is 0.341 e. The van der Waals surface area contributed by atoms with E-state index < -0.39 is 12.1 Å². The second kappa shape index (κ2) is 7.19. The van der Waals surface area contributed by atoms with E-state index in [1.807, 2.05) is 30.3 Å². The molecule has 3 aromatic rings. The number of carbonyl (C=O) groups excluding carboxylic acids is 2. The van der Waals surface area contributed by atoms with Crippen LogP contribution in [0.3, 0.4) is 0 Å². The van der Waals surface area contributed by atoms with Crippen LogP contribution >= 0.6 is 0 Å². The maximum Gasteiger partial charge on any atom is 0.341 e. The van der Waals surface area contributed by atoms with Gasteiger partial charge >= 0.3 is 5.97 Å². The van der Waals surface area contributed by atoms with Crippen LogP contribution in [-0.2, 0) is 22.4 Å². The van der Waals surface area contributed by atoms with Gasteiger partial charge in [0, 0.05) is 17.3 Å². The van der Waals surface area contributed by atoms with Crippen LogP contribution in [0.2, 0.25) is 0 Å². The van der Waals surface area contributed by atoms with Crippen LogP contribution in [0.25, 0.3) is 10.9 Å². The van der Waals surface area contributed by atoms with E-state index in [1.54, 1.807) is 25.3 Å². The fraction of sp³-hybridized carbons (Fsp3) is 0.227. The molecule has 1 N–H and O–H groups in total. The second-order valence-electron chi connectivity index (χ2n) is 6.75. The molecule has 1 heterocycles. The lowest BCUT2D eigenvalue weighted by atomic mass is 10.1. The third kappa shape index (κ3) is 3.53. The van der Waals surface area contributed by atoms with E-state index in [4.69, 9.17) is 4.74 Å². The molecule has 1 aliphatic carbocycles. The predicted octanol–water partition coefficient (Wildman–Crippen LogP) is 3.91. The number of aromatic nitrogens is 1. The Bertz CT molecular complexity index is 1020. The molecule has 5 heteroatoms. The number of hydrogen-bond acceptors (Lipinski definition) is 4. The number of esters is 1. The monoisotopic (exact) mass is 360 g/mol. The van der Waals surface area contributed by atoms with Crippen LogP contribution in [0, 0.1) is 0 Å². The Hall–Kier alpha value is -3.21. The molecule has 27 heavy (non-hydrogen) atoms. The minimum absolute atomic E-state index is 0.352. The predicted molar refractivity (Wildman–Crippen MR) is 104 cm³/mol. The molecule has 1 atom stereocenters. The number of amides is 1. The number of anilines is 1. The standard InChI is InChI=1S/C22H20N2O3/c1-14(21(25)24-18-11-10-15-5-2-7-17(15)13-18)27-22(26)19-9-3-6-16-8-4-12-23-20(16)19/h3-4,6,8-14H,2,5,7H2,1H3,(H,24,25)/t14-/m1/s1. The molecule has 0 spiro atoms. The quantitative estimate of drug-likeness (QED) is 0.716. The molecule has 0 radical (unpaired) electrons. The molecular formula is C22H20N2O3. The fourth-order valence-corrected chi connectivity index (χ4v) is 3.44. The summed E-state index contributed by atoms with van der Waals surface area (Å²) in [6, 6.07) is 14.9. The number of ether oxygens (including phenoxy) is 1. The first kappa shape index (κ1) is 17.2. The lowest BCUT2D eigenvalue weighted by molar-refractivity contribution is -0.123. The summed E-state index contributed by atoms with van der Waals surface area (Å²) >= 11 is 0. The molecule has 4 rings (SSSR count). The van der Waals surface area contributed by atoms with E-state index in [2.05, 4.69) is 16.4 Å². The van der Waals surface area contributed by atoms with Gasteiger partial charge in [0.25, 0.3) is 5.91 Å². The van der Waals surface area contributed by atoms with Crippen molar-refractivity contribution in [1.82, 2.24) is 4.98 Å². The van der Waals surface area contributed by atoms with Gasteiger partial charge in [-0.15, -0.1) is 0 Å². The topological polar surface area (TPSA) is 68.3 Å². The average molecular weight is 360 g/mol. The van der Waals surface area contributed by atoms with E-state index in [0.29, 0.717) is 11.1 Å². The van der Waals surface area contributed by atoms with Gasteiger partial charge in [-0.2, -0.15) is 0 Å². The van der Waals surface area contributed by atoms with Crippen molar-refractivity contribution in [3.63, 3.8) is 0 Å². The Morgan fingerprint density at radius 2 is 1.89 bits per heavy atom. The average Bonchev–Trinajstić information content (AvgIpc) is 3.15. The van der Waals surface area contributed by atoms with E-state index in [9.17, 15) is 9.59 Å². The van der Waals surface area contributed by atoms with Crippen LogP contribution in [0.4, 0.5) is 5.69 Å². The van der Waals surface area contributed by atoms with Gasteiger partial charge in [-0.3, -0.25) is 9.78 Å². The van der Waals surface area contributed by atoms with Crippen molar-refractivity contribution in [2.24, 2.45) is 0 Å². The van der Waals surface area contributed by atoms with Crippen LogP contribution in [0.1, 0.15) is 34.8 Å². The van der Waals surface area contributed by atoms with Gasteiger partial charge in [-0.05, 0) is 61.6 Å². The van der Waals surface area contributed by atoms with Crippen LogP contribution in [-0.4, -0.2) is 23.0 Å². The zero-order chi connectivity index (χ0) is 18.8. The van der Waals surface area contributed by atoms with Crippen molar-refractivity contribution in [2.45, 2.75) is 32.3 Å². The fourth-order valence-electron chi connectivity index (χ4n) is 3.44. The molecule has 0 bridgehead atoms. The summed E-state index contributed by atoms with van der Waals surface area (Å²) in [5.74, 6) is -0.912. The summed E-state index contributed by atoms with van der Waals surface area (Å²) in [5, 5.41) is 3.68. The minimum atomic E-state index is -0.912. The summed E-state index contributed by atoms with van der Waals surface area (Å²) < 4.78 is 5.38. The van der Waals surface area contributed by atoms with Gasteiger partial charge < -0.3 is 10.1 Å². The first-order chi connectivity index (χ1) is 13.1. The van der Waals surface area contributed by atoms with Crippen LogP contribution < -0.4 is 5.32 Å². The molecule has 1 aromatic heterocycles. The summed E-state index contributed by atoms with van der Waals surface area (Å²) in [6.45, 7) is 1.57. The first-order valence-electron chi connectivity index (χ1n) is 9.09. The lowest BCUT2D eigenvalue weighted by Gasteiger charge is -2.14. The molecule has 5 nitrogen and oxygen atoms in total. The maximum absolute atomic E-state index is 12.5. The molecule has 136 valence electrons. The zero-order valence-corrected chi connectivity index (χ0v) is 15.1. The summed E-state index contributed by atoms with van der Waals surface area (Å²) in [4.78, 5) is 29.2. The number of hydrogen-bond donors (Lipinski definition) is 1. The Kier molecular flexibility index (Phi) is 4.59. The number of benzene rings is 2. The molecule has 0 aliphatic heterocycles. The molecule has 0 saturated carbocycles. The highest BCUT2D eigenvalue weighted by molar-refractivity contribution is 6.04. The number of rotatable bonds is 4. The summed E-state index contributed by atoms with van der Waals surface area (Å²) in [7, 11) is 0. The summed E-state index contributed by atoms with van der Waals surface area (Å²) in [5.41, 5.74) is 4.27. The Morgan fingerprint density at radius 3 is 2.78 bits per heavy atom. The van der Waals surface area contributed by atoms with E-state index in [-0.39, 0.29) is 5.91 Å². The van der Waals surface area contributed by atoms with E-state index >= 15 is 0 Å². The third-order valence-corrected chi connectivity index (χ3v) is 4.87. The van der Waals surface area contributed by atoms with Gasteiger partial charge in [0.05, 0.1) is 11.1 Å². The van der Waals surface area contributed by atoms with Crippen molar-refractivity contribution in [3.8, 4) is 0 Å². The zero-order valence-electron chi connectivity index (χ0n) is 15.1. The first-order valence-corrected chi connectivity index (χ1v) is 9.09. The van der Waals surface area contributed by atoms with Crippen LogP contribution in [0.5, 0.6) is 0 Å². The van der Waals surface area contributed by atoms with Crippen LogP contribution in [0.15, 0.2) is 54.7 Å². The summed E-state index contributed by atoms with van der Waals surface area (Å²) in [6.07, 6.45) is 4.00. The molecule has 1 aliphatic rings. The molecular weight excluding hydrogens is 340 g/mol. The van der Waals surface area contributed by atoms with Crippen molar-refractivity contribution >= 4 is 28.5 Å². The maximum atomic E-state index is 12.5. The lowest BCUT2D eigenvalue weighted by Crippen LogP contribution is -2.30. The number of para-hydroxylation sites is 1. The van der Waals surface area contributed by atoms with E-state index in [0.717, 1.165) is 30.3 Å². The van der Waals surface area contributed by atoms with Crippen molar-refractivity contribution < 1.29 is 14.3 Å². The normalized spacial score (nSPS) is 13.8. The van der Waals surface area contributed by atoms with Gasteiger partial charge in [0.1, 0.15) is 0 Å². The number of nitrogens with zero attached hydrogens (tertiary/aromatic N) is 1. The number of aryl methyl sites for hydroxylation is 2. The SMILES string of the molecule is C[C@@H](OC(=O)c1cccc2cccnc12)C(=O)Nc1ccc2c(c1)CCC2. The third-order valence-electron chi connectivity index (χ3n) is 4.87. The van der Waals surface area contributed by atoms with Gasteiger partial charge in [-0.1, -0.05) is 24.3 Å². The molecule has 2 aromatic carbocycles.